The van der Waals surface area contributed by atoms with E-state index >= 15 is 0 Å². The molecule has 10 nitrogen and oxygen atoms in total. The molecule has 1 saturated carbocycles. The number of alkyl carbamates (subject to hydrolysis) is 1. The Balaban J connectivity index is 0.00000281. The molecule has 4 amide bonds. The molecule has 0 aromatic heterocycles. The Kier molecular flexibility index (Phi) is 15.0. The van der Waals surface area contributed by atoms with Crippen LogP contribution >= 0.6 is 0 Å². The van der Waals surface area contributed by atoms with Gasteiger partial charge < -0.3 is 25.6 Å². The number of ether oxygens (including phenoxy) is 1. The van der Waals surface area contributed by atoms with Crippen LogP contribution in [-0.4, -0.2) is 77.5 Å². The summed E-state index contributed by atoms with van der Waals surface area (Å²) in [6, 6.07) is -4.30. The molecule has 42 heavy (non-hydrogen) atoms. The minimum absolute atomic E-state index is 0.143. The third kappa shape index (κ3) is 12.8. The van der Waals surface area contributed by atoms with E-state index in [1.54, 1.807) is 20.8 Å². The third-order valence-electron chi connectivity index (χ3n) is 6.60. The third-order valence-corrected chi connectivity index (χ3v) is 6.60. The van der Waals surface area contributed by atoms with Crippen molar-refractivity contribution in [1.29, 1.82) is 0 Å². The number of hydrogen-bond acceptors (Lipinski definition) is 6. The summed E-state index contributed by atoms with van der Waals surface area (Å²) in [7, 11) is 0. The first kappa shape index (κ1) is 36.9. The number of carbonyl (C=O) groups excluding carboxylic acids is 5. The second-order valence-electron chi connectivity index (χ2n) is 11.7. The van der Waals surface area contributed by atoms with Gasteiger partial charge in [-0.2, -0.15) is 13.2 Å². The molecule has 0 radical (unpaired) electrons. The number of rotatable bonds is 10. The number of nitrogens with zero attached hydrogens (tertiary/aromatic N) is 1. The average Bonchev–Trinajstić information content (AvgIpc) is 3.38. The van der Waals surface area contributed by atoms with Crippen molar-refractivity contribution >= 4 is 29.6 Å². The van der Waals surface area contributed by atoms with Gasteiger partial charge in [-0.1, -0.05) is 45.6 Å². The van der Waals surface area contributed by atoms with Crippen molar-refractivity contribution in [3.05, 3.63) is 12.7 Å². The first-order chi connectivity index (χ1) is 19.5. The van der Waals surface area contributed by atoms with E-state index < -0.39 is 65.9 Å². The Morgan fingerprint density at radius 2 is 1.57 bits per heavy atom. The first-order valence-corrected chi connectivity index (χ1v) is 14.6. The summed E-state index contributed by atoms with van der Waals surface area (Å²) < 4.78 is 44.9. The van der Waals surface area contributed by atoms with Crippen LogP contribution in [0.4, 0.5) is 18.0 Å². The lowest BCUT2D eigenvalue weighted by molar-refractivity contribution is -0.155. The zero-order valence-electron chi connectivity index (χ0n) is 25.4. The van der Waals surface area contributed by atoms with Gasteiger partial charge in [0.15, 0.2) is 0 Å². The van der Waals surface area contributed by atoms with Crippen molar-refractivity contribution in [2.24, 2.45) is 5.92 Å². The van der Waals surface area contributed by atoms with Gasteiger partial charge in [0.1, 0.15) is 23.7 Å². The summed E-state index contributed by atoms with van der Waals surface area (Å²) in [4.78, 5) is 65.1. The number of Topliss-reactive ketones (excluding diaryl/α,β-unsaturated/α-hetero) is 1. The fourth-order valence-electron chi connectivity index (χ4n) is 4.88. The number of carbonyl (C=O) groups is 5. The number of likely N-dealkylation sites (tertiary alicyclic amines) is 1. The molecule has 240 valence electrons. The molecule has 13 heteroatoms. The van der Waals surface area contributed by atoms with Crippen LogP contribution in [0.1, 0.15) is 92.4 Å². The highest BCUT2D eigenvalue weighted by atomic mass is 19.4. The van der Waals surface area contributed by atoms with Gasteiger partial charge in [0.2, 0.25) is 17.6 Å². The fraction of sp³-hybridized carbons (Fsp3) is 0.759. The maximum Gasteiger partial charge on any atom is 0.408 e. The van der Waals surface area contributed by atoms with Gasteiger partial charge in [0.25, 0.3) is 5.91 Å². The van der Waals surface area contributed by atoms with Gasteiger partial charge in [0.05, 0.1) is 6.42 Å². The second kappa shape index (κ2) is 17.1. The van der Waals surface area contributed by atoms with Gasteiger partial charge in [-0.3, -0.25) is 19.2 Å². The molecule has 0 bridgehead atoms. The molecule has 3 atom stereocenters. The minimum atomic E-state index is -4.85. The Morgan fingerprint density at radius 1 is 0.976 bits per heavy atom. The van der Waals surface area contributed by atoms with Gasteiger partial charge in [0, 0.05) is 13.1 Å². The summed E-state index contributed by atoms with van der Waals surface area (Å²) in [6.07, 6.45) is -0.252. The van der Waals surface area contributed by atoms with E-state index in [1.807, 2.05) is 5.32 Å². The molecular formula is C29H47F3N4O6. The summed E-state index contributed by atoms with van der Waals surface area (Å²) in [5.41, 5.74) is -0.807. The number of halogens is 3. The lowest BCUT2D eigenvalue weighted by Gasteiger charge is -2.35. The summed E-state index contributed by atoms with van der Waals surface area (Å²) in [5, 5.41) is 6.81. The van der Waals surface area contributed by atoms with Crippen LogP contribution in [-0.2, 0) is 23.9 Å². The zero-order chi connectivity index (χ0) is 32.1. The highest BCUT2D eigenvalue weighted by Gasteiger charge is 2.44. The normalized spacial score (nSPS) is 19.0. The Morgan fingerprint density at radius 3 is 2.10 bits per heavy atom. The predicted molar refractivity (Wildman–Crippen MR) is 151 cm³/mol. The van der Waals surface area contributed by atoms with Crippen LogP contribution < -0.4 is 16.0 Å². The average molecular weight is 605 g/mol. The van der Waals surface area contributed by atoms with E-state index in [2.05, 4.69) is 31.1 Å². The molecule has 2 fully saturated rings. The Bertz CT molecular complexity index is 945. The smallest absolute Gasteiger partial charge is 0.408 e. The molecule has 0 aromatic rings. The highest BCUT2D eigenvalue weighted by Crippen LogP contribution is 2.30. The van der Waals surface area contributed by atoms with Crippen LogP contribution in [0.15, 0.2) is 12.7 Å². The van der Waals surface area contributed by atoms with E-state index in [4.69, 9.17) is 4.74 Å². The van der Waals surface area contributed by atoms with Gasteiger partial charge in [-0.15, -0.1) is 6.58 Å². The first-order valence-electron chi connectivity index (χ1n) is 14.6. The summed E-state index contributed by atoms with van der Waals surface area (Å²) >= 11 is 0. The van der Waals surface area contributed by atoms with E-state index in [9.17, 15) is 37.1 Å². The number of nitrogens with one attached hydrogen (secondary N) is 3. The van der Waals surface area contributed by atoms with Crippen LogP contribution in [0, 0.1) is 5.92 Å². The molecule has 1 saturated heterocycles. The lowest BCUT2D eigenvalue weighted by atomic mass is 9.83. The van der Waals surface area contributed by atoms with Gasteiger partial charge in [-0.25, -0.2) is 4.79 Å². The largest absolute Gasteiger partial charge is 0.444 e. The van der Waals surface area contributed by atoms with Crippen LogP contribution in [0.2, 0.25) is 0 Å². The van der Waals surface area contributed by atoms with Crippen molar-refractivity contribution in [3.8, 4) is 0 Å². The van der Waals surface area contributed by atoms with E-state index in [0.29, 0.717) is 19.3 Å². The summed E-state index contributed by atoms with van der Waals surface area (Å²) in [6.45, 7) is 12.7. The van der Waals surface area contributed by atoms with Crippen molar-refractivity contribution in [2.75, 3.05) is 13.1 Å². The van der Waals surface area contributed by atoms with Crippen LogP contribution in [0.3, 0.4) is 0 Å². The molecule has 1 aliphatic carbocycles. The Labute approximate surface area is 246 Å². The van der Waals surface area contributed by atoms with Crippen LogP contribution in [0.25, 0.3) is 0 Å². The number of hydrogen-bond donors (Lipinski definition) is 3. The molecule has 1 heterocycles. The lowest BCUT2D eigenvalue weighted by Crippen LogP contribution is -2.58. The molecule has 1 aliphatic heterocycles. The topological polar surface area (TPSA) is 134 Å². The van der Waals surface area contributed by atoms with E-state index in [0.717, 1.165) is 19.3 Å². The molecule has 0 aromatic carbocycles. The predicted octanol–water partition coefficient (Wildman–Crippen LogP) is 4.18. The molecule has 2 aliphatic rings. The molecule has 0 spiro atoms. The fourth-order valence-corrected chi connectivity index (χ4v) is 4.88. The van der Waals surface area contributed by atoms with Gasteiger partial charge in [-0.05, 0) is 52.4 Å². The summed E-state index contributed by atoms with van der Waals surface area (Å²) in [5.74, 6) is -4.45. The van der Waals surface area contributed by atoms with Crippen molar-refractivity contribution in [2.45, 2.75) is 122 Å². The van der Waals surface area contributed by atoms with Gasteiger partial charge >= 0.3 is 12.3 Å². The zero-order valence-corrected chi connectivity index (χ0v) is 25.4. The molecule has 2 rings (SSSR count). The molecule has 1 unspecified atom stereocenters. The SMILES string of the molecule is C=CCNC(=O)C(=O)C(CC(F)(F)F)NC(=O)[C@@H]1CCCN1C(=O)[C@@H](NC(=O)OC(C)(C)C)C1CCCCC1.CCC. The second-order valence-corrected chi connectivity index (χ2v) is 11.7. The quantitative estimate of drug-likeness (QED) is 0.253. The number of ketones is 1. The van der Waals surface area contributed by atoms with Crippen molar-refractivity contribution in [3.63, 3.8) is 0 Å². The maximum absolute atomic E-state index is 13.7. The molecule has 3 N–H and O–H groups in total. The van der Waals surface area contributed by atoms with Crippen LogP contribution in [0.5, 0.6) is 0 Å². The number of alkyl halides is 3. The highest BCUT2D eigenvalue weighted by molar-refractivity contribution is 6.38. The Hall–Kier alpha value is -3.12. The monoisotopic (exact) mass is 604 g/mol. The van der Waals surface area contributed by atoms with Crippen molar-refractivity contribution < 1.29 is 41.9 Å². The van der Waals surface area contributed by atoms with E-state index in [-0.39, 0.29) is 25.4 Å². The standard InChI is InChI=1S/C26H39F3N4O6.C3H8/c1-5-13-30-22(36)20(34)17(15-26(27,28)29)31-21(35)18-12-9-14-33(18)23(37)19(16-10-7-6-8-11-16)32-24(38)39-25(2,3)4;1-3-2/h5,16-19H,1,6-15H2,2-4H3,(H,30,36)(H,31,35)(H,32,38);3H2,1-2H3/t17?,18-,19-;/m0./s1. The van der Waals surface area contributed by atoms with Crippen molar-refractivity contribution in [1.82, 2.24) is 20.9 Å². The maximum atomic E-state index is 13.7. The number of amides is 4. The van der Waals surface area contributed by atoms with E-state index in [1.165, 1.54) is 17.4 Å². The molecular weight excluding hydrogens is 557 g/mol. The minimum Gasteiger partial charge on any atom is -0.444 e.